The molecule has 0 aliphatic heterocycles. The summed E-state index contributed by atoms with van der Waals surface area (Å²) in [5.74, 6) is -1.70. The molecule has 2 aromatic carbocycles. The van der Waals surface area contributed by atoms with E-state index in [1.807, 2.05) is 6.07 Å². The molecule has 1 unspecified atom stereocenters. The Balaban J connectivity index is 2.22. The van der Waals surface area contributed by atoms with Crippen LogP contribution in [0.5, 0.6) is 0 Å². The lowest BCUT2D eigenvalue weighted by molar-refractivity contribution is -0.125. The van der Waals surface area contributed by atoms with Gasteiger partial charge in [0.15, 0.2) is 6.10 Å². The number of amides is 1. The first-order valence-electron chi connectivity index (χ1n) is 7.54. The predicted octanol–water partition coefficient (Wildman–Crippen LogP) is 1.85. The van der Waals surface area contributed by atoms with Crippen molar-refractivity contribution in [2.45, 2.75) is 24.5 Å². The first-order chi connectivity index (χ1) is 12.2. The van der Waals surface area contributed by atoms with Crippen LogP contribution in [-0.4, -0.2) is 26.4 Å². The second kappa shape index (κ2) is 8.31. The van der Waals surface area contributed by atoms with Gasteiger partial charge in [-0.25, -0.2) is 17.9 Å². The van der Waals surface area contributed by atoms with E-state index in [4.69, 9.17) is 22.1 Å². The number of sulfonamides is 1. The Morgan fingerprint density at radius 1 is 1.19 bits per heavy atom. The largest absolute Gasteiger partial charge is 0.449 e. The maximum atomic E-state index is 12.5. The number of primary amides is 1. The van der Waals surface area contributed by atoms with Gasteiger partial charge in [-0.3, -0.25) is 4.79 Å². The van der Waals surface area contributed by atoms with Crippen LogP contribution in [0.25, 0.3) is 0 Å². The molecule has 0 bridgehead atoms. The molecule has 2 aromatic rings. The van der Waals surface area contributed by atoms with Crippen LogP contribution in [0.1, 0.15) is 22.8 Å². The molecule has 26 heavy (non-hydrogen) atoms. The number of carbonyl (C=O) groups excluding carboxylic acids is 2. The van der Waals surface area contributed by atoms with Crippen LogP contribution in [-0.2, 0) is 26.1 Å². The average Bonchev–Trinajstić information content (AvgIpc) is 2.61. The van der Waals surface area contributed by atoms with E-state index < -0.39 is 28.0 Å². The summed E-state index contributed by atoms with van der Waals surface area (Å²) in [6, 6.07) is 12.6. The number of nitrogens with one attached hydrogen (secondary N) is 1. The van der Waals surface area contributed by atoms with Crippen molar-refractivity contribution in [2.75, 3.05) is 0 Å². The minimum Gasteiger partial charge on any atom is -0.449 e. The highest BCUT2D eigenvalue weighted by Crippen LogP contribution is 2.23. The van der Waals surface area contributed by atoms with Crippen LogP contribution in [0.2, 0.25) is 5.02 Å². The highest BCUT2D eigenvalue weighted by molar-refractivity contribution is 7.89. The smallest absolute Gasteiger partial charge is 0.338 e. The first kappa shape index (κ1) is 19.9. The SMILES string of the molecule is CC(OC(=O)c1ccc(Cl)c(S(=O)(=O)NCc2ccccc2)c1)C(N)=O. The van der Waals surface area contributed by atoms with Gasteiger partial charge >= 0.3 is 5.97 Å². The van der Waals surface area contributed by atoms with Crippen molar-refractivity contribution >= 4 is 33.5 Å². The average molecular weight is 397 g/mol. The van der Waals surface area contributed by atoms with E-state index in [0.717, 1.165) is 11.6 Å². The second-order valence-corrected chi connectivity index (χ2v) is 7.55. The third-order valence-corrected chi connectivity index (χ3v) is 5.33. The van der Waals surface area contributed by atoms with Crippen LogP contribution >= 0.6 is 11.6 Å². The fourth-order valence-electron chi connectivity index (χ4n) is 1.97. The van der Waals surface area contributed by atoms with Crippen LogP contribution in [0, 0.1) is 0 Å². The van der Waals surface area contributed by atoms with E-state index in [1.165, 1.54) is 19.1 Å². The number of nitrogens with two attached hydrogens (primary N) is 1. The maximum Gasteiger partial charge on any atom is 0.338 e. The second-order valence-electron chi connectivity index (χ2n) is 5.41. The Bertz CT molecular complexity index is 916. The highest BCUT2D eigenvalue weighted by atomic mass is 35.5. The number of esters is 1. The molecule has 0 spiro atoms. The normalized spacial score (nSPS) is 12.4. The van der Waals surface area contributed by atoms with Crippen LogP contribution in [0.4, 0.5) is 0 Å². The van der Waals surface area contributed by atoms with E-state index in [2.05, 4.69) is 4.72 Å². The van der Waals surface area contributed by atoms with Crippen molar-refractivity contribution in [2.24, 2.45) is 5.73 Å². The summed E-state index contributed by atoms with van der Waals surface area (Å²) in [7, 11) is -3.97. The Morgan fingerprint density at radius 2 is 1.85 bits per heavy atom. The van der Waals surface area contributed by atoms with Gasteiger partial charge in [0.1, 0.15) is 4.90 Å². The van der Waals surface area contributed by atoms with E-state index in [0.29, 0.717) is 0 Å². The van der Waals surface area contributed by atoms with Gasteiger partial charge in [0, 0.05) is 6.54 Å². The monoisotopic (exact) mass is 396 g/mol. The summed E-state index contributed by atoms with van der Waals surface area (Å²) in [4.78, 5) is 22.8. The zero-order chi connectivity index (χ0) is 19.3. The zero-order valence-electron chi connectivity index (χ0n) is 13.8. The van der Waals surface area contributed by atoms with E-state index >= 15 is 0 Å². The summed E-state index contributed by atoms with van der Waals surface area (Å²) in [5.41, 5.74) is 5.73. The number of hydrogen-bond donors (Lipinski definition) is 2. The number of carbonyl (C=O) groups is 2. The number of ether oxygens (including phenoxy) is 1. The van der Waals surface area contributed by atoms with Crippen molar-refractivity contribution in [3.8, 4) is 0 Å². The molecule has 9 heteroatoms. The van der Waals surface area contributed by atoms with Gasteiger partial charge in [-0.2, -0.15) is 0 Å². The molecule has 0 heterocycles. The van der Waals surface area contributed by atoms with Crippen LogP contribution in [0.15, 0.2) is 53.4 Å². The molecular formula is C17H17ClN2O5S. The summed E-state index contributed by atoms with van der Waals surface area (Å²) in [5, 5.41) is -0.0509. The van der Waals surface area contributed by atoms with Gasteiger partial charge in [0.05, 0.1) is 10.6 Å². The Labute approximate surface area is 156 Å². The van der Waals surface area contributed by atoms with Gasteiger partial charge in [-0.15, -0.1) is 0 Å². The topological polar surface area (TPSA) is 116 Å². The Hall–Kier alpha value is -2.42. The quantitative estimate of drug-likeness (QED) is 0.693. The molecule has 138 valence electrons. The summed E-state index contributed by atoms with van der Waals surface area (Å²) < 4.78 is 32.3. The molecule has 0 radical (unpaired) electrons. The summed E-state index contributed by atoms with van der Waals surface area (Å²) in [6.07, 6.45) is -1.14. The Kier molecular flexibility index (Phi) is 6.36. The van der Waals surface area contributed by atoms with Crippen molar-refractivity contribution in [1.82, 2.24) is 4.72 Å². The van der Waals surface area contributed by atoms with Gasteiger partial charge in [-0.1, -0.05) is 41.9 Å². The lowest BCUT2D eigenvalue weighted by Crippen LogP contribution is -2.30. The summed E-state index contributed by atoms with van der Waals surface area (Å²) in [6.45, 7) is 1.38. The molecule has 1 atom stereocenters. The molecule has 0 aromatic heterocycles. The number of benzene rings is 2. The third kappa shape index (κ3) is 5.04. The zero-order valence-corrected chi connectivity index (χ0v) is 15.4. The molecule has 7 nitrogen and oxygen atoms in total. The number of hydrogen-bond acceptors (Lipinski definition) is 5. The fourth-order valence-corrected chi connectivity index (χ4v) is 3.52. The van der Waals surface area contributed by atoms with E-state index in [9.17, 15) is 18.0 Å². The molecule has 2 rings (SSSR count). The minimum atomic E-state index is -3.97. The fraction of sp³-hybridized carbons (Fsp3) is 0.176. The van der Waals surface area contributed by atoms with Crippen LogP contribution < -0.4 is 10.5 Å². The predicted molar refractivity (Wildman–Crippen MR) is 96.0 cm³/mol. The van der Waals surface area contributed by atoms with Gasteiger partial charge in [-0.05, 0) is 30.7 Å². The molecule has 0 saturated heterocycles. The van der Waals surface area contributed by atoms with Crippen molar-refractivity contribution in [3.63, 3.8) is 0 Å². The Morgan fingerprint density at radius 3 is 2.46 bits per heavy atom. The molecule has 3 N–H and O–H groups in total. The number of rotatable bonds is 7. The first-order valence-corrected chi connectivity index (χ1v) is 9.40. The van der Waals surface area contributed by atoms with Crippen molar-refractivity contribution in [3.05, 3.63) is 64.7 Å². The minimum absolute atomic E-state index is 0.0509. The lowest BCUT2D eigenvalue weighted by atomic mass is 10.2. The van der Waals surface area contributed by atoms with Crippen molar-refractivity contribution < 1.29 is 22.7 Å². The standard InChI is InChI=1S/C17H17ClN2O5S/c1-11(16(19)21)25-17(22)13-7-8-14(18)15(9-13)26(23,24)20-10-12-5-3-2-4-6-12/h2-9,11,20H,10H2,1H3,(H2,19,21). The van der Waals surface area contributed by atoms with Gasteiger partial charge in [0.2, 0.25) is 10.0 Å². The molecule has 0 aliphatic carbocycles. The van der Waals surface area contributed by atoms with Gasteiger partial charge < -0.3 is 10.5 Å². The molecular weight excluding hydrogens is 380 g/mol. The van der Waals surface area contributed by atoms with E-state index in [-0.39, 0.29) is 22.0 Å². The number of halogens is 1. The lowest BCUT2D eigenvalue weighted by Gasteiger charge is -2.12. The van der Waals surface area contributed by atoms with Crippen molar-refractivity contribution in [1.29, 1.82) is 0 Å². The molecule has 0 saturated carbocycles. The van der Waals surface area contributed by atoms with Crippen LogP contribution in [0.3, 0.4) is 0 Å². The highest BCUT2D eigenvalue weighted by Gasteiger charge is 2.22. The maximum absolute atomic E-state index is 12.5. The summed E-state index contributed by atoms with van der Waals surface area (Å²) >= 11 is 5.98. The molecule has 0 aliphatic rings. The third-order valence-electron chi connectivity index (χ3n) is 3.45. The van der Waals surface area contributed by atoms with Gasteiger partial charge in [0.25, 0.3) is 5.91 Å². The van der Waals surface area contributed by atoms with E-state index in [1.54, 1.807) is 24.3 Å². The molecule has 1 amide bonds. The molecule has 0 fully saturated rings.